The summed E-state index contributed by atoms with van der Waals surface area (Å²) in [4.78, 5) is 22.4. The predicted molar refractivity (Wildman–Crippen MR) is 67.9 cm³/mol. The van der Waals surface area contributed by atoms with Crippen molar-refractivity contribution in [2.24, 2.45) is 5.41 Å². The van der Waals surface area contributed by atoms with Gasteiger partial charge in [-0.3, -0.25) is 9.36 Å². The lowest BCUT2D eigenvalue weighted by Gasteiger charge is -2.27. The zero-order valence-electron chi connectivity index (χ0n) is 10.5. The van der Waals surface area contributed by atoms with Gasteiger partial charge in [0, 0.05) is 6.04 Å². The molecule has 2 rings (SSSR count). The third-order valence-corrected chi connectivity index (χ3v) is 4.45. The number of aromatic amines is 1. The van der Waals surface area contributed by atoms with Crippen molar-refractivity contribution in [2.75, 3.05) is 5.75 Å². The van der Waals surface area contributed by atoms with E-state index in [-0.39, 0.29) is 22.9 Å². The second-order valence-corrected chi connectivity index (χ2v) is 6.20. The van der Waals surface area contributed by atoms with Gasteiger partial charge in [0.2, 0.25) is 0 Å². The number of hydrogen-bond donors (Lipinski definition) is 2. The molecule has 100 valence electrons. The number of rotatable bonds is 4. The van der Waals surface area contributed by atoms with E-state index < -0.39 is 5.97 Å². The molecule has 0 aliphatic heterocycles. The minimum Gasteiger partial charge on any atom is -0.481 e. The molecule has 0 saturated heterocycles. The molecule has 1 fully saturated rings. The minimum atomic E-state index is -0.910. The fraction of sp³-hybridized carbons (Fsp3) is 0.727. The van der Waals surface area contributed by atoms with Gasteiger partial charge in [0.15, 0.2) is 5.16 Å². The molecule has 1 aromatic rings. The first-order chi connectivity index (χ1) is 8.42. The number of nitrogens with one attached hydrogen (secondary N) is 1. The number of H-pyrrole nitrogens is 1. The van der Waals surface area contributed by atoms with Crippen LogP contribution in [0.25, 0.3) is 0 Å². The Bertz CT molecular complexity index is 506. The molecular formula is C11H17N3O3S. The zero-order valence-corrected chi connectivity index (χ0v) is 11.3. The van der Waals surface area contributed by atoms with Gasteiger partial charge in [-0.15, -0.1) is 5.10 Å². The molecule has 6 nitrogen and oxygen atoms in total. The van der Waals surface area contributed by atoms with Crippen molar-refractivity contribution in [3.05, 3.63) is 10.5 Å². The third-order valence-electron chi connectivity index (χ3n) is 3.51. The minimum absolute atomic E-state index is 0.0479. The number of thioether (sulfide) groups is 1. The summed E-state index contributed by atoms with van der Waals surface area (Å²) >= 11 is 1.08. The number of carboxylic acid groups (broad SMARTS) is 1. The van der Waals surface area contributed by atoms with Crippen LogP contribution in [0.1, 0.15) is 39.2 Å². The lowest BCUT2D eigenvalue weighted by atomic mass is 9.87. The van der Waals surface area contributed by atoms with E-state index >= 15 is 0 Å². The van der Waals surface area contributed by atoms with Crippen molar-refractivity contribution in [2.45, 2.75) is 44.3 Å². The van der Waals surface area contributed by atoms with Gasteiger partial charge in [-0.05, 0) is 18.3 Å². The van der Waals surface area contributed by atoms with E-state index in [2.05, 4.69) is 24.0 Å². The molecule has 0 amide bonds. The van der Waals surface area contributed by atoms with Gasteiger partial charge in [-0.1, -0.05) is 32.0 Å². The lowest BCUT2D eigenvalue weighted by molar-refractivity contribution is -0.133. The van der Waals surface area contributed by atoms with Crippen molar-refractivity contribution < 1.29 is 9.90 Å². The second kappa shape index (κ2) is 4.79. The summed E-state index contributed by atoms with van der Waals surface area (Å²) in [6, 6.07) is 0.0973. The molecule has 1 aromatic heterocycles. The van der Waals surface area contributed by atoms with Gasteiger partial charge in [-0.25, -0.2) is 9.89 Å². The summed E-state index contributed by atoms with van der Waals surface area (Å²) in [5, 5.41) is 15.5. The Labute approximate surface area is 109 Å². The summed E-state index contributed by atoms with van der Waals surface area (Å²) in [6.07, 6.45) is 3.09. The number of hydrogen-bond acceptors (Lipinski definition) is 4. The van der Waals surface area contributed by atoms with Crippen LogP contribution in [-0.4, -0.2) is 31.6 Å². The molecular weight excluding hydrogens is 254 g/mol. The van der Waals surface area contributed by atoms with Crippen molar-refractivity contribution >= 4 is 17.7 Å². The molecule has 1 atom stereocenters. The zero-order chi connectivity index (χ0) is 13.3. The Hall–Kier alpha value is -1.24. The van der Waals surface area contributed by atoms with Gasteiger partial charge < -0.3 is 5.11 Å². The summed E-state index contributed by atoms with van der Waals surface area (Å²) in [7, 11) is 0. The van der Waals surface area contributed by atoms with E-state index in [1.165, 1.54) is 0 Å². The molecule has 0 aromatic carbocycles. The molecule has 1 aliphatic rings. The van der Waals surface area contributed by atoms with Gasteiger partial charge in [-0.2, -0.15) is 0 Å². The maximum atomic E-state index is 11.8. The highest BCUT2D eigenvalue weighted by Crippen LogP contribution is 2.46. The van der Waals surface area contributed by atoms with Crippen LogP contribution < -0.4 is 5.69 Å². The first-order valence-electron chi connectivity index (χ1n) is 5.93. The van der Waals surface area contributed by atoms with E-state index in [4.69, 9.17) is 5.11 Å². The molecule has 18 heavy (non-hydrogen) atoms. The van der Waals surface area contributed by atoms with Crippen LogP contribution in [0, 0.1) is 5.41 Å². The molecule has 1 aliphatic carbocycles. The largest absolute Gasteiger partial charge is 0.481 e. The fourth-order valence-electron chi connectivity index (χ4n) is 2.58. The van der Waals surface area contributed by atoms with Crippen molar-refractivity contribution in [3.63, 3.8) is 0 Å². The molecule has 1 heterocycles. The number of carbonyl (C=O) groups is 1. The van der Waals surface area contributed by atoms with Gasteiger partial charge in [0.1, 0.15) is 0 Å². The van der Waals surface area contributed by atoms with Gasteiger partial charge in [0.25, 0.3) is 0 Å². The van der Waals surface area contributed by atoms with E-state index in [0.717, 1.165) is 31.0 Å². The number of nitrogens with zero attached hydrogens (tertiary/aromatic N) is 2. The molecule has 2 N–H and O–H groups in total. The quantitative estimate of drug-likeness (QED) is 0.810. The van der Waals surface area contributed by atoms with Crippen molar-refractivity contribution in [1.82, 2.24) is 14.8 Å². The second-order valence-electron chi connectivity index (χ2n) is 5.26. The number of aliphatic carboxylic acids is 1. The third kappa shape index (κ3) is 2.45. The first-order valence-corrected chi connectivity index (χ1v) is 6.92. The molecule has 7 heteroatoms. The topological polar surface area (TPSA) is 88.0 Å². The van der Waals surface area contributed by atoms with Crippen LogP contribution >= 0.6 is 11.8 Å². The Morgan fingerprint density at radius 3 is 2.94 bits per heavy atom. The van der Waals surface area contributed by atoms with Gasteiger partial charge in [0.05, 0.1) is 5.75 Å². The van der Waals surface area contributed by atoms with E-state index in [9.17, 15) is 9.59 Å². The average molecular weight is 271 g/mol. The number of carboxylic acids is 1. The van der Waals surface area contributed by atoms with E-state index in [1.807, 2.05) is 0 Å². The summed E-state index contributed by atoms with van der Waals surface area (Å²) in [5.41, 5.74) is -0.199. The molecule has 0 spiro atoms. The Morgan fingerprint density at radius 2 is 2.39 bits per heavy atom. The van der Waals surface area contributed by atoms with Crippen molar-refractivity contribution in [1.29, 1.82) is 0 Å². The highest BCUT2D eigenvalue weighted by molar-refractivity contribution is 7.99. The van der Waals surface area contributed by atoms with Crippen LogP contribution in [-0.2, 0) is 4.79 Å². The molecule has 1 saturated carbocycles. The SMILES string of the molecule is CC1(C)CCCC1n1c(SCC(=O)O)n[nH]c1=O. The van der Waals surface area contributed by atoms with E-state index in [0.29, 0.717) is 5.16 Å². The number of aromatic nitrogens is 3. The highest BCUT2D eigenvalue weighted by atomic mass is 32.2. The van der Waals surface area contributed by atoms with Gasteiger partial charge >= 0.3 is 11.7 Å². The Kier molecular flexibility index (Phi) is 3.52. The molecule has 1 unspecified atom stereocenters. The monoisotopic (exact) mass is 271 g/mol. The molecule has 0 radical (unpaired) electrons. The average Bonchev–Trinajstić information content (AvgIpc) is 2.78. The highest BCUT2D eigenvalue weighted by Gasteiger charge is 2.38. The first kappa shape index (κ1) is 13.2. The van der Waals surface area contributed by atoms with Crippen molar-refractivity contribution in [3.8, 4) is 0 Å². The standard InChI is InChI=1S/C11H17N3O3S/c1-11(2)5-3-4-7(11)14-9(17)12-13-10(14)18-6-8(15)16/h7H,3-6H2,1-2H3,(H,12,17)(H,15,16). The smallest absolute Gasteiger partial charge is 0.344 e. The summed E-state index contributed by atoms with van der Waals surface area (Å²) in [5.74, 6) is -0.995. The fourth-order valence-corrected chi connectivity index (χ4v) is 3.29. The Morgan fingerprint density at radius 1 is 1.67 bits per heavy atom. The summed E-state index contributed by atoms with van der Waals surface area (Å²) < 4.78 is 1.63. The maximum absolute atomic E-state index is 11.8. The van der Waals surface area contributed by atoms with Crippen LogP contribution in [0.15, 0.2) is 9.95 Å². The molecule has 0 bridgehead atoms. The normalized spacial score (nSPS) is 22.2. The Balaban J connectivity index is 2.29. The van der Waals surface area contributed by atoms with Crippen LogP contribution in [0.3, 0.4) is 0 Å². The van der Waals surface area contributed by atoms with Crippen LogP contribution in [0.4, 0.5) is 0 Å². The van der Waals surface area contributed by atoms with Crippen LogP contribution in [0.5, 0.6) is 0 Å². The summed E-state index contributed by atoms with van der Waals surface area (Å²) in [6.45, 7) is 4.27. The lowest BCUT2D eigenvalue weighted by Crippen LogP contribution is -2.30. The predicted octanol–water partition coefficient (Wildman–Crippen LogP) is 1.50. The van der Waals surface area contributed by atoms with E-state index in [1.54, 1.807) is 4.57 Å². The van der Waals surface area contributed by atoms with Crippen LogP contribution in [0.2, 0.25) is 0 Å². The maximum Gasteiger partial charge on any atom is 0.344 e.